The summed E-state index contributed by atoms with van der Waals surface area (Å²) in [5, 5.41) is 0.537. The van der Waals surface area contributed by atoms with Gasteiger partial charge in [-0.25, -0.2) is 0 Å². The van der Waals surface area contributed by atoms with Gasteiger partial charge >= 0.3 is 5.97 Å². The summed E-state index contributed by atoms with van der Waals surface area (Å²) in [6.45, 7) is 7.67. The van der Waals surface area contributed by atoms with Gasteiger partial charge in [0.15, 0.2) is 0 Å². The summed E-state index contributed by atoms with van der Waals surface area (Å²) in [7, 11) is 0. The van der Waals surface area contributed by atoms with Crippen LogP contribution in [0.5, 0.6) is 5.75 Å². The van der Waals surface area contributed by atoms with E-state index in [4.69, 9.17) is 4.74 Å². The Morgan fingerprint density at radius 3 is 1.83 bits per heavy atom. The highest BCUT2D eigenvalue weighted by atomic mass is 16.5. The number of benzene rings is 2. The molecule has 3 aromatic rings. The number of carbonyl (C=O) groups excluding carboxylic acids is 1. The molecule has 0 atom stereocenters. The van der Waals surface area contributed by atoms with Crippen LogP contribution in [-0.4, -0.2) is 10.5 Å². The number of nitrogens with zero attached hydrogens (tertiary/aromatic N) is 1. The highest BCUT2D eigenvalue weighted by Crippen LogP contribution is 2.33. The summed E-state index contributed by atoms with van der Waals surface area (Å²) in [5.74, 6) is -0.342. The summed E-state index contributed by atoms with van der Waals surface area (Å²) < 4.78 is 7.89. The zero-order chi connectivity index (χ0) is 30.2. The van der Waals surface area contributed by atoms with Crippen molar-refractivity contribution in [3.63, 3.8) is 0 Å². The molecule has 0 aliphatic carbocycles. The fraction of sp³-hybridized carbons (Fsp3) is 0.526. The smallest absolute Gasteiger partial charge is 0.316 e. The van der Waals surface area contributed by atoms with Crippen molar-refractivity contribution in [3.8, 4) is 17.0 Å². The molecule has 4 heteroatoms. The lowest BCUT2D eigenvalue weighted by Gasteiger charge is -2.21. The number of allylic oxidation sites excluding steroid dienone is 1. The first-order chi connectivity index (χ1) is 20.3. The molecule has 42 heavy (non-hydrogen) atoms. The first-order valence-corrected chi connectivity index (χ1v) is 16.5. The summed E-state index contributed by atoms with van der Waals surface area (Å²) in [4.78, 5) is 26.6. The summed E-state index contributed by atoms with van der Waals surface area (Å²) in [5.41, 5.74) is 1.24. The Balaban J connectivity index is 1.62. The maximum Gasteiger partial charge on any atom is 0.316 e. The van der Waals surface area contributed by atoms with Gasteiger partial charge in [-0.1, -0.05) is 139 Å². The largest absolute Gasteiger partial charge is 0.420 e. The number of pyridine rings is 1. The van der Waals surface area contributed by atoms with Crippen LogP contribution in [0.25, 0.3) is 28.4 Å². The van der Waals surface area contributed by atoms with Gasteiger partial charge in [0.25, 0.3) is 0 Å². The zero-order valence-electron chi connectivity index (χ0n) is 26.6. The maximum atomic E-state index is 13.6. The van der Waals surface area contributed by atoms with Gasteiger partial charge in [-0.05, 0) is 45.7 Å². The Bertz CT molecular complexity index is 1310. The summed E-state index contributed by atoms with van der Waals surface area (Å²) in [6.07, 6.45) is 24.1. The summed E-state index contributed by atoms with van der Waals surface area (Å²) >= 11 is 0. The zero-order valence-corrected chi connectivity index (χ0v) is 26.6. The lowest BCUT2D eigenvalue weighted by atomic mass is 9.97. The number of fused-ring (bicyclic) bond motifs is 1. The van der Waals surface area contributed by atoms with Crippen LogP contribution in [0.1, 0.15) is 124 Å². The molecular weight excluding hydrogens is 518 g/mol. The van der Waals surface area contributed by atoms with E-state index < -0.39 is 11.4 Å². The molecule has 0 radical (unpaired) electrons. The monoisotopic (exact) mass is 571 g/mol. The Morgan fingerprint density at radius 2 is 1.26 bits per heavy atom. The van der Waals surface area contributed by atoms with E-state index in [0.29, 0.717) is 11.1 Å². The second-order valence-electron chi connectivity index (χ2n) is 12.7. The molecule has 0 saturated heterocycles. The Morgan fingerprint density at radius 1 is 0.738 bits per heavy atom. The van der Waals surface area contributed by atoms with Crippen molar-refractivity contribution in [2.75, 3.05) is 0 Å². The van der Waals surface area contributed by atoms with Gasteiger partial charge in [-0.2, -0.15) is 0 Å². The van der Waals surface area contributed by atoms with Crippen LogP contribution in [0.3, 0.4) is 0 Å². The normalized spacial score (nSPS) is 11.9. The van der Waals surface area contributed by atoms with Gasteiger partial charge in [-0.15, -0.1) is 0 Å². The second kappa shape index (κ2) is 17.7. The van der Waals surface area contributed by atoms with Gasteiger partial charge in [0.05, 0.1) is 10.9 Å². The van der Waals surface area contributed by atoms with Crippen LogP contribution < -0.4 is 10.2 Å². The molecule has 0 N–H and O–H groups in total. The van der Waals surface area contributed by atoms with E-state index in [9.17, 15) is 9.59 Å². The van der Waals surface area contributed by atoms with E-state index in [1.807, 2.05) is 59.3 Å². The molecule has 0 bridgehead atoms. The van der Waals surface area contributed by atoms with E-state index in [1.165, 1.54) is 83.5 Å². The Hall–Kier alpha value is -3.14. The van der Waals surface area contributed by atoms with Crippen molar-refractivity contribution >= 4 is 23.1 Å². The predicted molar refractivity (Wildman–Crippen MR) is 179 cm³/mol. The molecule has 0 unspecified atom stereocenters. The SMILES string of the molecule is CCCCCCCCCCCCCCCCC=Cn1c(-c2ccccc2)c(OC(=O)C(C)(C)C)c(=O)c2ccccc21. The van der Waals surface area contributed by atoms with Crippen molar-refractivity contribution in [1.82, 2.24) is 4.57 Å². The molecule has 2 aromatic carbocycles. The second-order valence-corrected chi connectivity index (χ2v) is 12.7. The molecular formula is C38H53NO3. The van der Waals surface area contributed by atoms with Gasteiger partial charge in [0.2, 0.25) is 11.2 Å². The number of esters is 1. The molecule has 228 valence electrons. The van der Waals surface area contributed by atoms with Gasteiger partial charge in [0.1, 0.15) is 5.69 Å². The topological polar surface area (TPSA) is 48.3 Å². The first kappa shape index (κ1) is 33.4. The third-order valence-corrected chi connectivity index (χ3v) is 7.90. The number of carbonyl (C=O) groups is 1. The molecule has 0 fully saturated rings. The van der Waals surface area contributed by atoms with Crippen LogP contribution in [0, 0.1) is 5.41 Å². The van der Waals surface area contributed by atoms with Crippen LogP contribution in [-0.2, 0) is 4.79 Å². The van der Waals surface area contributed by atoms with Crippen molar-refractivity contribution < 1.29 is 9.53 Å². The average Bonchev–Trinajstić information content (AvgIpc) is 2.98. The van der Waals surface area contributed by atoms with E-state index in [1.54, 1.807) is 26.8 Å². The average molecular weight is 572 g/mol. The summed E-state index contributed by atoms with van der Waals surface area (Å²) in [6, 6.07) is 17.3. The number of hydrogen-bond acceptors (Lipinski definition) is 3. The number of unbranched alkanes of at least 4 members (excludes halogenated alkanes) is 14. The van der Waals surface area contributed by atoms with E-state index in [2.05, 4.69) is 13.0 Å². The highest BCUT2D eigenvalue weighted by Gasteiger charge is 2.28. The van der Waals surface area contributed by atoms with Crippen molar-refractivity contribution in [2.24, 2.45) is 5.41 Å². The number of rotatable bonds is 18. The molecule has 3 rings (SSSR count). The van der Waals surface area contributed by atoms with Gasteiger partial charge in [-0.3, -0.25) is 9.59 Å². The molecule has 1 heterocycles. The standard InChI is InChI=1S/C38H53NO3/c1-5-6-7-8-9-10-11-12-13-14-15-16-17-18-19-25-30-39-33-29-24-23-28-32(33)35(40)36(42-37(41)38(2,3)4)34(39)31-26-21-20-22-27-31/h20-30H,5-19H2,1-4H3. The van der Waals surface area contributed by atoms with Gasteiger partial charge < -0.3 is 9.30 Å². The molecule has 0 aliphatic rings. The van der Waals surface area contributed by atoms with Crippen LogP contribution in [0.15, 0.2) is 65.5 Å². The predicted octanol–water partition coefficient (Wildman–Crippen LogP) is 11.0. The Kier molecular flexibility index (Phi) is 14.1. The number of ether oxygens (including phenoxy) is 1. The number of para-hydroxylation sites is 1. The van der Waals surface area contributed by atoms with E-state index >= 15 is 0 Å². The Labute approximate surface area is 254 Å². The number of aromatic nitrogens is 1. The minimum Gasteiger partial charge on any atom is -0.420 e. The molecule has 4 nitrogen and oxygen atoms in total. The van der Waals surface area contributed by atoms with E-state index in [0.717, 1.165) is 23.9 Å². The van der Waals surface area contributed by atoms with Crippen LogP contribution in [0.4, 0.5) is 0 Å². The van der Waals surface area contributed by atoms with Crippen molar-refractivity contribution in [3.05, 3.63) is 70.9 Å². The lowest BCUT2D eigenvalue weighted by Crippen LogP contribution is -2.28. The maximum absolute atomic E-state index is 13.6. The third kappa shape index (κ3) is 10.3. The fourth-order valence-electron chi connectivity index (χ4n) is 5.33. The third-order valence-electron chi connectivity index (χ3n) is 7.90. The van der Waals surface area contributed by atoms with Gasteiger partial charge in [0, 0.05) is 17.1 Å². The number of hydrogen-bond donors (Lipinski definition) is 0. The quantitative estimate of drug-likeness (QED) is 0.113. The van der Waals surface area contributed by atoms with Crippen molar-refractivity contribution in [2.45, 2.75) is 124 Å². The van der Waals surface area contributed by atoms with E-state index in [-0.39, 0.29) is 11.2 Å². The highest BCUT2D eigenvalue weighted by molar-refractivity contribution is 5.90. The molecule has 0 spiro atoms. The lowest BCUT2D eigenvalue weighted by molar-refractivity contribution is -0.143. The minimum absolute atomic E-state index is 0.0842. The molecule has 0 amide bonds. The first-order valence-electron chi connectivity index (χ1n) is 16.5. The van der Waals surface area contributed by atoms with Crippen molar-refractivity contribution in [1.29, 1.82) is 0 Å². The molecule has 0 saturated carbocycles. The minimum atomic E-state index is -0.736. The fourth-order valence-corrected chi connectivity index (χ4v) is 5.33. The van der Waals surface area contributed by atoms with Crippen LogP contribution >= 0.6 is 0 Å². The molecule has 1 aromatic heterocycles. The van der Waals surface area contributed by atoms with Crippen LogP contribution in [0.2, 0.25) is 0 Å². The molecule has 0 aliphatic heterocycles.